The zero-order valence-corrected chi connectivity index (χ0v) is 17.8. The summed E-state index contributed by atoms with van der Waals surface area (Å²) in [4.78, 5) is 12.6. The minimum Gasteiger partial charge on any atom is -0.462 e. The van der Waals surface area contributed by atoms with E-state index in [4.69, 9.17) is 4.74 Å². The summed E-state index contributed by atoms with van der Waals surface area (Å²) in [7, 11) is 0. The van der Waals surface area contributed by atoms with E-state index in [1.54, 1.807) is 0 Å². The zero-order valence-electron chi connectivity index (χ0n) is 17.8. The lowest BCUT2D eigenvalue weighted by Crippen LogP contribution is -2.33. The van der Waals surface area contributed by atoms with Crippen molar-refractivity contribution in [3.05, 3.63) is 0 Å². The molecule has 0 aromatic rings. The molecule has 2 rings (SSSR count). The predicted octanol–water partition coefficient (Wildman–Crippen LogP) is 6.95. The fourth-order valence-corrected chi connectivity index (χ4v) is 5.01. The number of nitrogens with zero attached hydrogens (tertiary/aromatic N) is 1. The molecular weight excluding hydrogens is 334 g/mol. The summed E-state index contributed by atoms with van der Waals surface area (Å²) in [6, 6.07) is 2.61. The standard InChI is InChI=1S/C24H41NO2/c1-3-5-7-8-16-24(19-25)17-14-22(15-18-24)27-23(26)21-12-10-20(11-13-21)9-6-4-2/h20-22H,3-18H2,1-2H3/t20-,21-,22-,24+. The first-order valence-electron chi connectivity index (χ1n) is 11.7. The number of unbranched alkanes of at least 4 members (excludes halogenated alkanes) is 4. The molecule has 2 saturated carbocycles. The third-order valence-electron chi connectivity index (χ3n) is 7.06. The summed E-state index contributed by atoms with van der Waals surface area (Å²) < 4.78 is 5.88. The summed E-state index contributed by atoms with van der Waals surface area (Å²) in [6.07, 6.45) is 17.8. The van der Waals surface area contributed by atoms with Crippen molar-refractivity contribution in [2.24, 2.45) is 17.3 Å². The van der Waals surface area contributed by atoms with Crippen molar-refractivity contribution in [2.75, 3.05) is 0 Å². The lowest BCUT2D eigenvalue weighted by Gasteiger charge is -2.35. The maximum absolute atomic E-state index is 12.6. The van der Waals surface area contributed by atoms with E-state index in [0.29, 0.717) is 0 Å². The van der Waals surface area contributed by atoms with Crippen molar-refractivity contribution in [1.29, 1.82) is 5.26 Å². The average Bonchev–Trinajstić information content (AvgIpc) is 2.71. The molecule has 0 unspecified atom stereocenters. The molecule has 3 heteroatoms. The van der Waals surface area contributed by atoms with Crippen LogP contribution in [0.1, 0.15) is 117 Å². The van der Waals surface area contributed by atoms with Gasteiger partial charge in [0.05, 0.1) is 17.4 Å². The van der Waals surface area contributed by atoms with E-state index in [1.165, 1.54) is 51.4 Å². The normalized spacial score (nSPS) is 31.2. The zero-order chi connectivity index (χ0) is 19.5. The number of carbonyl (C=O) groups is 1. The van der Waals surface area contributed by atoms with Crippen molar-refractivity contribution >= 4 is 5.97 Å². The van der Waals surface area contributed by atoms with Crippen LogP contribution in [0.2, 0.25) is 0 Å². The van der Waals surface area contributed by atoms with E-state index in [2.05, 4.69) is 19.9 Å². The summed E-state index contributed by atoms with van der Waals surface area (Å²) in [6.45, 7) is 4.47. The fraction of sp³-hybridized carbons (Fsp3) is 0.917. The molecule has 0 bridgehead atoms. The second-order valence-corrected chi connectivity index (χ2v) is 9.20. The molecule has 154 valence electrons. The van der Waals surface area contributed by atoms with Gasteiger partial charge in [0, 0.05) is 0 Å². The second-order valence-electron chi connectivity index (χ2n) is 9.20. The monoisotopic (exact) mass is 375 g/mol. The highest BCUT2D eigenvalue weighted by Crippen LogP contribution is 2.41. The Kier molecular flexibility index (Phi) is 9.66. The molecule has 0 atom stereocenters. The first-order chi connectivity index (χ1) is 13.1. The number of hydrogen-bond donors (Lipinski definition) is 0. The Hall–Kier alpha value is -1.04. The van der Waals surface area contributed by atoms with Gasteiger partial charge in [0.1, 0.15) is 6.10 Å². The smallest absolute Gasteiger partial charge is 0.309 e. The number of rotatable bonds is 10. The van der Waals surface area contributed by atoms with Crippen LogP contribution in [0.25, 0.3) is 0 Å². The molecule has 27 heavy (non-hydrogen) atoms. The molecule has 0 aromatic heterocycles. The summed E-state index contributed by atoms with van der Waals surface area (Å²) in [5.41, 5.74) is -0.159. The van der Waals surface area contributed by atoms with Crippen LogP contribution in [-0.2, 0) is 9.53 Å². The Morgan fingerprint density at radius 3 is 2.22 bits per heavy atom. The SMILES string of the molecule is CCCCCC[C@]1(C#N)CC[C@@H](OC(=O)[C@H]2CC[C@H](CCCC)CC2)CC1. The van der Waals surface area contributed by atoms with Crippen molar-refractivity contribution in [2.45, 2.75) is 123 Å². The molecular formula is C24H41NO2. The number of hydrogen-bond acceptors (Lipinski definition) is 3. The Labute approximate surface area is 167 Å². The van der Waals surface area contributed by atoms with Gasteiger partial charge in [0.25, 0.3) is 0 Å². The molecule has 0 N–H and O–H groups in total. The van der Waals surface area contributed by atoms with E-state index in [0.717, 1.165) is 57.3 Å². The Balaban J connectivity index is 1.69. The molecule has 0 radical (unpaired) electrons. The number of carbonyl (C=O) groups excluding carboxylic acids is 1. The van der Waals surface area contributed by atoms with E-state index in [-0.39, 0.29) is 23.4 Å². The molecule has 0 heterocycles. The number of ether oxygens (including phenoxy) is 1. The highest BCUT2D eigenvalue weighted by molar-refractivity contribution is 5.72. The summed E-state index contributed by atoms with van der Waals surface area (Å²) in [5.74, 6) is 0.994. The van der Waals surface area contributed by atoms with Gasteiger partial charge in [-0.25, -0.2) is 0 Å². The highest BCUT2D eigenvalue weighted by Gasteiger charge is 2.37. The minimum absolute atomic E-state index is 0.0429. The van der Waals surface area contributed by atoms with Gasteiger partial charge in [0.15, 0.2) is 0 Å². The molecule has 2 fully saturated rings. The fourth-order valence-electron chi connectivity index (χ4n) is 5.01. The third kappa shape index (κ3) is 7.13. The number of nitriles is 1. The van der Waals surface area contributed by atoms with Crippen LogP contribution in [-0.4, -0.2) is 12.1 Å². The molecule has 2 aliphatic carbocycles. The molecule has 0 aromatic carbocycles. The Morgan fingerprint density at radius 2 is 1.63 bits per heavy atom. The highest BCUT2D eigenvalue weighted by atomic mass is 16.5. The van der Waals surface area contributed by atoms with Gasteiger partial charge in [-0.1, -0.05) is 58.8 Å². The van der Waals surface area contributed by atoms with Crippen molar-refractivity contribution in [1.82, 2.24) is 0 Å². The van der Waals surface area contributed by atoms with E-state index in [1.807, 2.05) is 0 Å². The van der Waals surface area contributed by atoms with Gasteiger partial charge in [-0.2, -0.15) is 5.26 Å². The van der Waals surface area contributed by atoms with Gasteiger partial charge >= 0.3 is 5.97 Å². The minimum atomic E-state index is -0.159. The van der Waals surface area contributed by atoms with Crippen LogP contribution in [0.15, 0.2) is 0 Å². The van der Waals surface area contributed by atoms with E-state index in [9.17, 15) is 10.1 Å². The lowest BCUT2D eigenvalue weighted by molar-refractivity contribution is -0.158. The van der Waals surface area contributed by atoms with Crippen molar-refractivity contribution in [3.63, 3.8) is 0 Å². The number of esters is 1. The first kappa shape index (κ1) is 22.3. The van der Waals surface area contributed by atoms with Crippen LogP contribution in [0.4, 0.5) is 0 Å². The summed E-state index contributed by atoms with van der Waals surface area (Å²) >= 11 is 0. The van der Waals surface area contributed by atoms with Crippen LogP contribution in [0.3, 0.4) is 0 Å². The molecule has 0 saturated heterocycles. The van der Waals surface area contributed by atoms with E-state index >= 15 is 0 Å². The van der Waals surface area contributed by atoms with Gasteiger partial charge in [-0.15, -0.1) is 0 Å². The largest absolute Gasteiger partial charge is 0.462 e. The van der Waals surface area contributed by atoms with Crippen molar-refractivity contribution < 1.29 is 9.53 Å². The lowest BCUT2D eigenvalue weighted by atomic mass is 9.71. The van der Waals surface area contributed by atoms with Crippen LogP contribution in [0, 0.1) is 28.6 Å². The average molecular weight is 376 g/mol. The Morgan fingerprint density at radius 1 is 0.963 bits per heavy atom. The molecule has 0 amide bonds. The van der Waals surface area contributed by atoms with Crippen LogP contribution in [0.5, 0.6) is 0 Å². The van der Waals surface area contributed by atoms with Crippen molar-refractivity contribution in [3.8, 4) is 6.07 Å². The van der Waals surface area contributed by atoms with Crippen LogP contribution >= 0.6 is 0 Å². The molecule has 3 nitrogen and oxygen atoms in total. The second kappa shape index (κ2) is 11.7. The topological polar surface area (TPSA) is 50.1 Å². The Bertz CT molecular complexity index is 465. The maximum atomic E-state index is 12.6. The maximum Gasteiger partial charge on any atom is 0.309 e. The van der Waals surface area contributed by atoms with Gasteiger partial charge in [-0.3, -0.25) is 4.79 Å². The molecule has 2 aliphatic rings. The molecule has 0 aliphatic heterocycles. The van der Waals surface area contributed by atoms with E-state index < -0.39 is 0 Å². The first-order valence-corrected chi connectivity index (χ1v) is 11.7. The van der Waals surface area contributed by atoms with Gasteiger partial charge in [0.2, 0.25) is 0 Å². The third-order valence-corrected chi connectivity index (χ3v) is 7.06. The van der Waals surface area contributed by atoms with Gasteiger partial charge < -0.3 is 4.74 Å². The summed E-state index contributed by atoms with van der Waals surface area (Å²) in [5, 5.41) is 9.70. The molecule has 0 spiro atoms. The van der Waals surface area contributed by atoms with Gasteiger partial charge in [-0.05, 0) is 63.7 Å². The predicted molar refractivity (Wildman–Crippen MR) is 110 cm³/mol. The van der Waals surface area contributed by atoms with Crippen LogP contribution < -0.4 is 0 Å². The quantitative estimate of drug-likeness (QED) is 0.306.